The van der Waals surface area contributed by atoms with E-state index in [1.54, 1.807) is 24.0 Å². The number of hydrogen-bond donors (Lipinski definition) is 1. The molecule has 182 valence electrons. The maximum atomic E-state index is 12.7. The summed E-state index contributed by atoms with van der Waals surface area (Å²) in [7, 11) is 0. The molecule has 4 rings (SSSR count). The lowest BCUT2D eigenvalue weighted by molar-refractivity contribution is 0.0520. The first-order valence-corrected chi connectivity index (χ1v) is 12.2. The average molecular weight is 539 g/mol. The molecule has 3 aromatic rings. The molecule has 1 amide bonds. The zero-order valence-corrected chi connectivity index (χ0v) is 21.4. The minimum absolute atomic E-state index is 0.151. The lowest BCUT2D eigenvalue weighted by Crippen LogP contribution is -2.36. The van der Waals surface area contributed by atoms with Crippen molar-refractivity contribution in [2.24, 2.45) is 0 Å². The number of amides is 1. The number of esters is 1. The summed E-state index contributed by atoms with van der Waals surface area (Å²) in [4.78, 5) is 35.8. The number of benzene rings is 1. The molecule has 1 aliphatic heterocycles. The van der Waals surface area contributed by atoms with Crippen LogP contribution in [0.2, 0.25) is 0 Å². The fraction of sp³-hybridized carbons (Fsp3) is 0.308. The van der Waals surface area contributed by atoms with E-state index in [4.69, 9.17) is 14.5 Å². The summed E-state index contributed by atoms with van der Waals surface area (Å²) in [6.45, 7) is 6.20. The van der Waals surface area contributed by atoms with E-state index in [2.05, 4.69) is 26.2 Å². The molecule has 2 aromatic heterocycles. The van der Waals surface area contributed by atoms with Gasteiger partial charge in [0.1, 0.15) is 17.0 Å². The van der Waals surface area contributed by atoms with Crippen LogP contribution in [0.15, 0.2) is 59.2 Å². The van der Waals surface area contributed by atoms with Gasteiger partial charge in [0.05, 0.1) is 30.1 Å². The number of ether oxygens (including phenoxy) is 2. The molecule has 35 heavy (non-hydrogen) atoms. The van der Waals surface area contributed by atoms with Crippen LogP contribution in [0, 0.1) is 6.92 Å². The number of halogens is 1. The van der Waals surface area contributed by atoms with Gasteiger partial charge in [-0.15, -0.1) is 0 Å². The van der Waals surface area contributed by atoms with Crippen LogP contribution in [-0.4, -0.2) is 41.3 Å². The minimum atomic E-state index is -0.509. The molecular formula is C26H27BrN4O4. The highest BCUT2D eigenvalue weighted by Crippen LogP contribution is 2.28. The number of hydrogen-bond acceptors (Lipinski definition) is 7. The Morgan fingerprint density at radius 3 is 2.74 bits per heavy atom. The predicted octanol–water partition coefficient (Wildman–Crippen LogP) is 5.47. The highest BCUT2D eigenvalue weighted by molar-refractivity contribution is 9.10. The standard InChI is InChI=1S/C26H27BrN4O4/c1-4-34-25(32)24-20(10-11-22(27)30-24)28-17(3)21-12-16(2)13-23(29-21)31-19(15-35-26(31)33)14-18-8-6-5-7-9-18/h5-13,17,19,28H,4,14-15H2,1-3H3/t17?,19-/m0/s1. The fourth-order valence-electron chi connectivity index (χ4n) is 4.01. The third-order valence-electron chi connectivity index (χ3n) is 5.64. The first-order valence-electron chi connectivity index (χ1n) is 11.4. The van der Waals surface area contributed by atoms with Gasteiger partial charge in [-0.05, 0) is 78.5 Å². The third kappa shape index (κ3) is 5.79. The molecule has 1 fully saturated rings. The molecule has 9 heteroatoms. The number of nitrogens with one attached hydrogen (secondary N) is 1. The van der Waals surface area contributed by atoms with Crippen LogP contribution in [0.5, 0.6) is 0 Å². The van der Waals surface area contributed by atoms with E-state index in [1.807, 2.05) is 56.3 Å². The lowest BCUT2D eigenvalue weighted by Gasteiger charge is -2.23. The van der Waals surface area contributed by atoms with Crippen molar-refractivity contribution >= 4 is 39.5 Å². The Morgan fingerprint density at radius 2 is 2.00 bits per heavy atom. The summed E-state index contributed by atoms with van der Waals surface area (Å²) < 4.78 is 11.1. The minimum Gasteiger partial charge on any atom is -0.461 e. The van der Waals surface area contributed by atoms with Crippen molar-refractivity contribution in [2.75, 3.05) is 23.4 Å². The van der Waals surface area contributed by atoms with Gasteiger partial charge < -0.3 is 14.8 Å². The van der Waals surface area contributed by atoms with E-state index >= 15 is 0 Å². The van der Waals surface area contributed by atoms with Crippen LogP contribution in [0.4, 0.5) is 16.3 Å². The van der Waals surface area contributed by atoms with Gasteiger partial charge in [0.25, 0.3) is 0 Å². The van der Waals surface area contributed by atoms with Crippen molar-refractivity contribution in [1.82, 2.24) is 9.97 Å². The summed E-state index contributed by atoms with van der Waals surface area (Å²) in [6, 6.07) is 16.9. The molecular weight excluding hydrogens is 512 g/mol. The van der Waals surface area contributed by atoms with Crippen LogP contribution >= 0.6 is 15.9 Å². The van der Waals surface area contributed by atoms with Crippen LogP contribution in [0.3, 0.4) is 0 Å². The number of pyridine rings is 2. The van der Waals surface area contributed by atoms with Gasteiger partial charge in [-0.25, -0.2) is 19.6 Å². The van der Waals surface area contributed by atoms with E-state index in [1.165, 1.54) is 0 Å². The monoisotopic (exact) mass is 538 g/mol. The van der Waals surface area contributed by atoms with Gasteiger partial charge >= 0.3 is 12.1 Å². The van der Waals surface area contributed by atoms with Crippen molar-refractivity contribution in [3.63, 3.8) is 0 Å². The van der Waals surface area contributed by atoms with E-state index in [9.17, 15) is 9.59 Å². The topological polar surface area (TPSA) is 93.7 Å². The SMILES string of the molecule is CCOC(=O)c1nc(Br)ccc1NC(C)c1cc(C)cc(N2C(=O)OC[C@@H]2Cc2ccccc2)n1. The zero-order chi connectivity index (χ0) is 24.9. The van der Waals surface area contributed by atoms with Crippen LogP contribution < -0.4 is 10.2 Å². The molecule has 1 N–H and O–H groups in total. The Balaban J connectivity index is 1.60. The second kappa shape index (κ2) is 10.9. The number of carbonyl (C=O) groups excluding carboxylic acids is 2. The van der Waals surface area contributed by atoms with Gasteiger partial charge in [0.15, 0.2) is 5.69 Å². The normalized spacial score (nSPS) is 16.1. The van der Waals surface area contributed by atoms with Crippen LogP contribution in [0.25, 0.3) is 0 Å². The number of cyclic esters (lactones) is 1. The van der Waals surface area contributed by atoms with Gasteiger partial charge in [-0.1, -0.05) is 30.3 Å². The van der Waals surface area contributed by atoms with Crippen LogP contribution in [-0.2, 0) is 15.9 Å². The molecule has 1 unspecified atom stereocenters. The molecule has 0 spiro atoms. The van der Waals surface area contributed by atoms with Gasteiger partial charge in [-0.2, -0.15) is 0 Å². The summed E-state index contributed by atoms with van der Waals surface area (Å²) in [5.74, 6) is 0.0292. The van der Waals surface area contributed by atoms with Crippen molar-refractivity contribution in [1.29, 1.82) is 0 Å². The Bertz CT molecular complexity index is 1220. The number of nitrogens with zero attached hydrogens (tertiary/aromatic N) is 3. The molecule has 0 bridgehead atoms. The van der Waals surface area contributed by atoms with E-state index in [0.29, 0.717) is 29.1 Å². The van der Waals surface area contributed by atoms with Crippen molar-refractivity contribution in [2.45, 2.75) is 39.3 Å². The van der Waals surface area contributed by atoms with Gasteiger partial charge in [-0.3, -0.25) is 4.90 Å². The summed E-state index contributed by atoms with van der Waals surface area (Å²) in [5, 5.41) is 3.32. The Labute approximate surface area is 212 Å². The van der Waals surface area contributed by atoms with Crippen molar-refractivity contribution < 1.29 is 19.1 Å². The molecule has 0 radical (unpaired) electrons. The zero-order valence-electron chi connectivity index (χ0n) is 19.8. The second-order valence-corrected chi connectivity index (χ2v) is 9.15. The highest BCUT2D eigenvalue weighted by atomic mass is 79.9. The largest absolute Gasteiger partial charge is 0.461 e. The fourth-order valence-corrected chi connectivity index (χ4v) is 4.32. The summed E-state index contributed by atoms with van der Waals surface area (Å²) in [6.07, 6.45) is 0.260. The highest BCUT2D eigenvalue weighted by Gasteiger charge is 2.35. The predicted molar refractivity (Wildman–Crippen MR) is 137 cm³/mol. The Morgan fingerprint density at radius 1 is 1.23 bits per heavy atom. The Hall–Kier alpha value is -3.46. The average Bonchev–Trinajstić information content (AvgIpc) is 3.20. The van der Waals surface area contributed by atoms with Gasteiger partial charge in [0, 0.05) is 0 Å². The second-order valence-electron chi connectivity index (χ2n) is 8.33. The maximum absolute atomic E-state index is 12.7. The number of rotatable bonds is 8. The lowest BCUT2D eigenvalue weighted by atomic mass is 10.1. The molecule has 0 aliphatic carbocycles. The number of aryl methyl sites for hydroxylation is 1. The quantitative estimate of drug-likeness (QED) is 0.300. The molecule has 1 aromatic carbocycles. The van der Waals surface area contributed by atoms with E-state index in [-0.39, 0.29) is 24.4 Å². The Kier molecular flexibility index (Phi) is 7.65. The molecule has 0 saturated carbocycles. The van der Waals surface area contributed by atoms with E-state index < -0.39 is 12.1 Å². The molecule has 1 aliphatic rings. The number of anilines is 2. The van der Waals surface area contributed by atoms with Crippen LogP contribution in [0.1, 0.15) is 47.2 Å². The molecule has 2 atom stereocenters. The van der Waals surface area contributed by atoms with E-state index in [0.717, 1.165) is 16.8 Å². The molecule has 8 nitrogen and oxygen atoms in total. The molecule has 1 saturated heterocycles. The maximum Gasteiger partial charge on any atom is 0.415 e. The first kappa shape index (κ1) is 24.7. The smallest absolute Gasteiger partial charge is 0.415 e. The molecule has 3 heterocycles. The number of aromatic nitrogens is 2. The van der Waals surface area contributed by atoms with Gasteiger partial charge in [0.2, 0.25) is 0 Å². The van der Waals surface area contributed by atoms with Crippen molar-refractivity contribution in [3.05, 3.63) is 81.7 Å². The number of carbonyl (C=O) groups is 2. The first-order chi connectivity index (χ1) is 16.9. The van der Waals surface area contributed by atoms with Crippen molar-refractivity contribution in [3.8, 4) is 0 Å². The summed E-state index contributed by atoms with van der Waals surface area (Å²) >= 11 is 3.31. The summed E-state index contributed by atoms with van der Waals surface area (Å²) in [5.41, 5.74) is 3.52. The third-order valence-corrected chi connectivity index (χ3v) is 6.09.